The molecule has 0 saturated carbocycles. The van der Waals surface area contributed by atoms with Gasteiger partial charge >= 0.3 is 6.01 Å². The molecule has 0 aromatic carbocycles. The average Bonchev–Trinajstić information content (AvgIpc) is 2.30. The lowest BCUT2D eigenvalue weighted by atomic mass is 10.0. The van der Waals surface area contributed by atoms with Gasteiger partial charge in [-0.2, -0.15) is 0 Å². The van der Waals surface area contributed by atoms with E-state index in [0.29, 0.717) is 24.2 Å². The molecular weight excluding hydrogens is 194 g/mol. The van der Waals surface area contributed by atoms with Crippen molar-refractivity contribution in [1.82, 2.24) is 9.97 Å². The van der Waals surface area contributed by atoms with Crippen LogP contribution in [0.4, 0.5) is 5.69 Å². The molecule has 0 amide bonds. The Morgan fingerprint density at radius 2 is 2.00 bits per heavy atom. The number of anilines is 1. The van der Waals surface area contributed by atoms with Crippen LogP contribution in [-0.2, 0) is 4.74 Å². The number of nitrogen functional groups attached to an aromatic ring is 1. The molecular formula is C10H15N3O2. The lowest BCUT2D eigenvalue weighted by molar-refractivity contribution is 0.0482. The zero-order valence-electron chi connectivity index (χ0n) is 8.56. The smallest absolute Gasteiger partial charge is 0.316 e. The fourth-order valence-corrected chi connectivity index (χ4v) is 1.51. The van der Waals surface area contributed by atoms with Gasteiger partial charge in [-0.15, -0.1) is 0 Å². The Labute approximate surface area is 88.6 Å². The monoisotopic (exact) mass is 209 g/mol. The maximum absolute atomic E-state index is 5.47. The molecule has 1 aliphatic heterocycles. The van der Waals surface area contributed by atoms with Crippen molar-refractivity contribution < 1.29 is 9.47 Å². The quantitative estimate of drug-likeness (QED) is 0.799. The molecule has 1 aromatic heterocycles. The highest BCUT2D eigenvalue weighted by Gasteiger charge is 2.14. The first-order valence-electron chi connectivity index (χ1n) is 5.12. The van der Waals surface area contributed by atoms with Crippen molar-refractivity contribution in [2.75, 3.05) is 25.6 Å². The Morgan fingerprint density at radius 3 is 2.67 bits per heavy atom. The summed E-state index contributed by atoms with van der Waals surface area (Å²) in [4.78, 5) is 7.95. The van der Waals surface area contributed by atoms with E-state index in [-0.39, 0.29) is 0 Å². The molecule has 0 aliphatic carbocycles. The van der Waals surface area contributed by atoms with E-state index in [0.717, 1.165) is 26.1 Å². The Kier molecular flexibility index (Phi) is 3.34. The second kappa shape index (κ2) is 4.93. The first kappa shape index (κ1) is 10.2. The van der Waals surface area contributed by atoms with Gasteiger partial charge in [-0.05, 0) is 18.8 Å². The van der Waals surface area contributed by atoms with E-state index in [2.05, 4.69) is 9.97 Å². The van der Waals surface area contributed by atoms with Gasteiger partial charge in [0.05, 0.1) is 24.7 Å². The van der Waals surface area contributed by atoms with Crippen LogP contribution in [0.1, 0.15) is 12.8 Å². The first-order valence-corrected chi connectivity index (χ1v) is 5.12. The van der Waals surface area contributed by atoms with E-state index in [4.69, 9.17) is 15.2 Å². The van der Waals surface area contributed by atoms with Crippen molar-refractivity contribution in [3.8, 4) is 6.01 Å². The Balaban J connectivity index is 1.79. The van der Waals surface area contributed by atoms with Crippen LogP contribution in [0.2, 0.25) is 0 Å². The molecule has 2 rings (SSSR count). The molecule has 82 valence electrons. The van der Waals surface area contributed by atoms with Crippen LogP contribution in [0.3, 0.4) is 0 Å². The van der Waals surface area contributed by atoms with Crippen molar-refractivity contribution >= 4 is 5.69 Å². The third kappa shape index (κ3) is 3.06. The highest BCUT2D eigenvalue weighted by molar-refractivity contribution is 5.30. The molecule has 0 radical (unpaired) electrons. The van der Waals surface area contributed by atoms with Gasteiger partial charge in [-0.1, -0.05) is 0 Å². The summed E-state index contributed by atoms with van der Waals surface area (Å²) in [6, 6.07) is 0.399. The van der Waals surface area contributed by atoms with E-state index in [9.17, 15) is 0 Å². The fourth-order valence-electron chi connectivity index (χ4n) is 1.51. The summed E-state index contributed by atoms with van der Waals surface area (Å²) >= 11 is 0. The second-order valence-corrected chi connectivity index (χ2v) is 3.67. The molecule has 0 spiro atoms. The molecule has 0 bridgehead atoms. The number of hydrogen-bond donors (Lipinski definition) is 1. The van der Waals surface area contributed by atoms with Crippen LogP contribution in [0, 0.1) is 5.92 Å². The maximum atomic E-state index is 5.47. The first-order chi connectivity index (χ1) is 7.34. The molecule has 1 aliphatic rings. The summed E-state index contributed by atoms with van der Waals surface area (Å²) in [7, 11) is 0. The summed E-state index contributed by atoms with van der Waals surface area (Å²) < 4.78 is 10.7. The molecule has 0 unspecified atom stereocenters. The highest BCUT2D eigenvalue weighted by Crippen LogP contribution is 2.15. The Hall–Kier alpha value is -1.36. The van der Waals surface area contributed by atoms with Crippen LogP contribution in [0.15, 0.2) is 12.4 Å². The standard InChI is InChI=1S/C10H15N3O2/c11-9-5-12-10(13-6-9)15-7-8-1-3-14-4-2-8/h5-6,8H,1-4,7,11H2. The number of hydrogen-bond acceptors (Lipinski definition) is 5. The molecule has 2 N–H and O–H groups in total. The van der Waals surface area contributed by atoms with Gasteiger partial charge in [-0.3, -0.25) is 0 Å². The Bertz CT molecular complexity index is 296. The van der Waals surface area contributed by atoms with Crippen LogP contribution < -0.4 is 10.5 Å². The van der Waals surface area contributed by atoms with Crippen molar-refractivity contribution in [2.24, 2.45) is 5.92 Å². The van der Waals surface area contributed by atoms with E-state index >= 15 is 0 Å². The fraction of sp³-hybridized carbons (Fsp3) is 0.600. The molecule has 5 heteroatoms. The third-order valence-corrected chi connectivity index (χ3v) is 2.44. The summed E-state index contributed by atoms with van der Waals surface area (Å²) in [5.41, 5.74) is 6.02. The minimum Gasteiger partial charge on any atom is -0.463 e. The van der Waals surface area contributed by atoms with Gasteiger partial charge in [0.25, 0.3) is 0 Å². The molecule has 15 heavy (non-hydrogen) atoms. The predicted octanol–water partition coefficient (Wildman–Crippen LogP) is 0.864. The predicted molar refractivity (Wildman–Crippen MR) is 55.5 cm³/mol. The van der Waals surface area contributed by atoms with Gasteiger partial charge in [0.15, 0.2) is 0 Å². The number of nitrogens with zero attached hydrogens (tertiary/aromatic N) is 2. The molecule has 2 heterocycles. The van der Waals surface area contributed by atoms with E-state index in [1.165, 1.54) is 0 Å². The minimum absolute atomic E-state index is 0.399. The number of rotatable bonds is 3. The van der Waals surface area contributed by atoms with Gasteiger partial charge in [0.1, 0.15) is 0 Å². The summed E-state index contributed by atoms with van der Waals surface area (Å²) in [5, 5.41) is 0. The van der Waals surface area contributed by atoms with Gasteiger partial charge in [0.2, 0.25) is 0 Å². The number of ether oxygens (including phenoxy) is 2. The maximum Gasteiger partial charge on any atom is 0.316 e. The van der Waals surface area contributed by atoms with Crippen LogP contribution in [-0.4, -0.2) is 29.8 Å². The molecule has 1 fully saturated rings. The molecule has 5 nitrogen and oxygen atoms in total. The van der Waals surface area contributed by atoms with E-state index in [1.54, 1.807) is 12.4 Å². The van der Waals surface area contributed by atoms with Gasteiger partial charge in [0, 0.05) is 13.2 Å². The lowest BCUT2D eigenvalue weighted by Crippen LogP contribution is -2.21. The Morgan fingerprint density at radius 1 is 1.33 bits per heavy atom. The number of nitrogens with two attached hydrogens (primary N) is 1. The van der Waals surface area contributed by atoms with Crippen molar-refractivity contribution in [3.63, 3.8) is 0 Å². The average molecular weight is 209 g/mol. The van der Waals surface area contributed by atoms with Crippen LogP contribution in [0.25, 0.3) is 0 Å². The summed E-state index contributed by atoms with van der Waals surface area (Å²) in [6.45, 7) is 2.32. The van der Waals surface area contributed by atoms with Crippen LogP contribution >= 0.6 is 0 Å². The summed E-state index contributed by atoms with van der Waals surface area (Å²) in [5.74, 6) is 0.555. The van der Waals surface area contributed by atoms with Crippen molar-refractivity contribution in [2.45, 2.75) is 12.8 Å². The molecule has 1 aromatic rings. The second-order valence-electron chi connectivity index (χ2n) is 3.67. The van der Waals surface area contributed by atoms with Crippen molar-refractivity contribution in [1.29, 1.82) is 0 Å². The van der Waals surface area contributed by atoms with Crippen LogP contribution in [0.5, 0.6) is 6.01 Å². The topological polar surface area (TPSA) is 70.3 Å². The number of aromatic nitrogens is 2. The minimum atomic E-state index is 0.399. The van der Waals surface area contributed by atoms with Gasteiger partial charge < -0.3 is 15.2 Å². The SMILES string of the molecule is Nc1cnc(OCC2CCOCC2)nc1. The normalized spacial score (nSPS) is 17.6. The van der Waals surface area contributed by atoms with E-state index < -0.39 is 0 Å². The highest BCUT2D eigenvalue weighted by atomic mass is 16.5. The zero-order valence-corrected chi connectivity index (χ0v) is 8.56. The van der Waals surface area contributed by atoms with Gasteiger partial charge in [-0.25, -0.2) is 9.97 Å². The molecule has 1 saturated heterocycles. The van der Waals surface area contributed by atoms with Crippen molar-refractivity contribution in [3.05, 3.63) is 12.4 Å². The molecule has 0 atom stereocenters. The largest absolute Gasteiger partial charge is 0.463 e. The zero-order chi connectivity index (χ0) is 10.5. The van der Waals surface area contributed by atoms with E-state index in [1.807, 2.05) is 0 Å². The summed E-state index contributed by atoms with van der Waals surface area (Å²) in [6.07, 6.45) is 5.20. The third-order valence-electron chi connectivity index (χ3n) is 2.44. The lowest BCUT2D eigenvalue weighted by Gasteiger charge is -2.21.